The van der Waals surface area contributed by atoms with Gasteiger partial charge in [-0.2, -0.15) is 18.3 Å². The monoisotopic (exact) mass is 299 g/mol. The van der Waals surface area contributed by atoms with Crippen LogP contribution in [0.15, 0.2) is 10.7 Å². The van der Waals surface area contributed by atoms with Crippen molar-refractivity contribution in [2.24, 2.45) is 0 Å². The topological polar surface area (TPSA) is 46.9 Å². The van der Waals surface area contributed by atoms with Crippen LogP contribution in [0, 0.1) is 0 Å². The van der Waals surface area contributed by atoms with Gasteiger partial charge in [-0.05, 0) is 22.9 Å². The summed E-state index contributed by atoms with van der Waals surface area (Å²) in [6.45, 7) is 2.19. The Kier molecular flexibility index (Phi) is 3.95. The second-order valence-corrected chi connectivity index (χ2v) is 3.81. The van der Waals surface area contributed by atoms with Gasteiger partial charge in [0.25, 0.3) is 0 Å². The standard InChI is InChI=1S/C8H9BrF3N3O/c1-2-15-4-5(9)6(14-15)3-13-7(16)8(10,11)12/h4H,2-3H2,1H3,(H,13,16). The Morgan fingerprint density at radius 3 is 2.69 bits per heavy atom. The second-order valence-electron chi connectivity index (χ2n) is 2.96. The smallest absolute Gasteiger partial charge is 0.343 e. The first-order valence-electron chi connectivity index (χ1n) is 4.41. The van der Waals surface area contributed by atoms with Gasteiger partial charge in [0.15, 0.2) is 0 Å². The third-order valence-corrected chi connectivity index (χ3v) is 2.45. The Balaban J connectivity index is 2.61. The van der Waals surface area contributed by atoms with Gasteiger partial charge in [0.2, 0.25) is 0 Å². The van der Waals surface area contributed by atoms with Crippen molar-refractivity contribution in [2.45, 2.75) is 26.2 Å². The Labute approximate surface area is 97.9 Å². The first-order valence-corrected chi connectivity index (χ1v) is 5.20. The molecule has 0 saturated heterocycles. The van der Waals surface area contributed by atoms with Gasteiger partial charge < -0.3 is 5.32 Å². The predicted octanol–water partition coefficient (Wildman–Crippen LogP) is 1.84. The number of halogens is 4. The van der Waals surface area contributed by atoms with Gasteiger partial charge in [-0.25, -0.2) is 0 Å². The number of nitrogens with zero attached hydrogens (tertiary/aromatic N) is 2. The van der Waals surface area contributed by atoms with Gasteiger partial charge in [0.05, 0.1) is 16.7 Å². The number of carbonyl (C=O) groups is 1. The number of aryl methyl sites for hydroxylation is 1. The van der Waals surface area contributed by atoms with E-state index < -0.39 is 12.1 Å². The number of rotatable bonds is 3. The average Bonchev–Trinajstić information content (AvgIpc) is 2.54. The summed E-state index contributed by atoms with van der Waals surface area (Å²) < 4.78 is 37.7. The van der Waals surface area contributed by atoms with E-state index in [9.17, 15) is 18.0 Å². The summed E-state index contributed by atoms with van der Waals surface area (Å²) in [5, 5.41) is 5.72. The summed E-state index contributed by atoms with van der Waals surface area (Å²) in [7, 11) is 0. The average molecular weight is 300 g/mol. The molecule has 1 aromatic rings. The largest absolute Gasteiger partial charge is 0.471 e. The molecule has 90 valence electrons. The number of aromatic nitrogens is 2. The molecule has 0 aliphatic heterocycles. The van der Waals surface area contributed by atoms with Crippen LogP contribution in [0.2, 0.25) is 0 Å². The first-order chi connectivity index (χ1) is 7.34. The summed E-state index contributed by atoms with van der Waals surface area (Å²) in [4.78, 5) is 10.5. The fraction of sp³-hybridized carbons (Fsp3) is 0.500. The summed E-state index contributed by atoms with van der Waals surface area (Å²) in [6.07, 6.45) is -3.23. The fourth-order valence-electron chi connectivity index (χ4n) is 0.983. The summed E-state index contributed by atoms with van der Waals surface area (Å²) in [6, 6.07) is 0. The molecular weight excluding hydrogens is 291 g/mol. The van der Waals surface area contributed by atoms with Gasteiger partial charge in [0, 0.05) is 12.7 Å². The van der Waals surface area contributed by atoms with Crippen molar-refractivity contribution in [1.82, 2.24) is 15.1 Å². The summed E-state index contributed by atoms with van der Waals surface area (Å²) in [5.41, 5.74) is 0.361. The number of nitrogens with one attached hydrogen (secondary N) is 1. The maximum Gasteiger partial charge on any atom is 0.471 e. The number of amides is 1. The Bertz CT molecular complexity index is 388. The van der Waals surface area contributed by atoms with E-state index >= 15 is 0 Å². The predicted molar refractivity (Wildman–Crippen MR) is 53.5 cm³/mol. The van der Waals surface area contributed by atoms with Gasteiger partial charge in [-0.1, -0.05) is 0 Å². The third kappa shape index (κ3) is 3.22. The van der Waals surface area contributed by atoms with Crippen molar-refractivity contribution in [3.8, 4) is 0 Å². The van der Waals surface area contributed by atoms with E-state index in [1.807, 2.05) is 6.92 Å². The molecular formula is C8H9BrF3N3O. The lowest BCUT2D eigenvalue weighted by molar-refractivity contribution is -0.173. The summed E-state index contributed by atoms with van der Waals surface area (Å²) in [5.74, 6) is -1.97. The molecule has 0 unspecified atom stereocenters. The maximum atomic E-state index is 11.9. The van der Waals surface area contributed by atoms with Crippen LogP contribution >= 0.6 is 15.9 Å². The zero-order chi connectivity index (χ0) is 12.3. The minimum atomic E-state index is -4.86. The molecule has 4 nitrogen and oxygen atoms in total. The van der Waals surface area contributed by atoms with E-state index in [2.05, 4.69) is 21.0 Å². The van der Waals surface area contributed by atoms with Crippen molar-refractivity contribution < 1.29 is 18.0 Å². The van der Waals surface area contributed by atoms with Gasteiger partial charge in [-0.15, -0.1) is 0 Å². The van der Waals surface area contributed by atoms with Crippen LogP contribution in [0.25, 0.3) is 0 Å². The van der Waals surface area contributed by atoms with Crippen molar-refractivity contribution >= 4 is 21.8 Å². The van der Waals surface area contributed by atoms with Gasteiger partial charge in [0.1, 0.15) is 0 Å². The molecule has 0 bridgehead atoms. The van der Waals surface area contributed by atoms with Crippen LogP contribution < -0.4 is 5.32 Å². The molecule has 1 rings (SSSR count). The van der Waals surface area contributed by atoms with Crippen LogP contribution in [0.1, 0.15) is 12.6 Å². The highest BCUT2D eigenvalue weighted by Gasteiger charge is 2.38. The molecule has 0 aliphatic rings. The molecule has 16 heavy (non-hydrogen) atoms. The minimum Gasteiger partial charge on any atom is -0.343 e. The molecule has 1 aromatic heterocycles. The Hall–Kier alpha value is -1.05. The summed E-state index contributed by atoms with van der Waals surface area (Å²) >= 11 is 3.14. The Morgan fingerprint density at radius 1 is 1.62 bits per heavy atom. The van der Waals surface area contributed by atoms with Crippen LogP contribution in [0.4, 0.5) is 13.2 Å². The van der Waals surface area contributed by atoms with E-state index in [1.54, 1.807) is 16.2 Å². The second kappa shape index (κ2) is 4.86. The van der Waals surface area contributed by atoms with E-state index in [-0.39, 0.29) is 6.54 Å². The van der Waals surface area contributed by atoms with E-state index in [1.165, 1.54) is 0 Å². The number of carbonyl (C=O) groups excluding carboxylic acids is 1. The van der Waals surface area contributed by atoms with E-state index in [0.717, 1.165) is 0 Å². The molecule has 0 aromatic carbocycles. The molecule has 0 aliphatic carbocycles. The van der Waals surface area contributed by atoms with Crippen LogP contribution in [-0.2, 0) is 17.9 Å². The molecule has 1 amide bonds. The Morgan fingerprint density at radius 2 is 2.25 bits per heavy atom. The lowest BCUT2D eigenvalue weighted by Crippen LogP contribution is -2.36. The highest BCUT2D eigenvalue weighted by Crippen LogP contribution is 2.17. The third-order valence-electron chi connectivity index (χ3n) is 1.79. The van der Waals surface area contributed by atoms with Crippen molar-refractivity contribution in [2.75, 3.05) is 0 Å². The van der Waals surface area contributed by atoms with Crippen molar-refractivity contribution in [1.29, 1.82) is 0 Å². The molecule has 0 spiro atoms. The lowest BCUT2D eigenvalue weighted by Gasteiger charge is -2.06. The zero-order valence-corrected chi connectivity index (χ0v) is 9.89. The quantitative estimate of drug-likeness (QED) is 0.926. The fourth-order valence-corrected chi connectivity index (χ4v) is 1.44. The normalized spacial score (nSPS) is 11.6. The molecule has 0 atom stereocenters. The zero-order valence-electron chi connectivity index (χ0n) is 8.31. The van der Waals surface area contributed by atoms with Gasteiger partial charge >= 0.3 is 12.1 Å². The molecule has 8 heteroatoms. The highest BCUT2D eigenvalue weighted by atomic mass is 79.9. The van der Waals surface area contributed by atoms with Crippen molar-refractivity contribution in [3.63, 3.8) is 0 Å². The first kappa shape index (κ1) is 13.0. The van der Waals surface area contributed by atoms with Crippen LogP contribution in [0.3, 0.4) is 0 Å². The van der Waals surface area contributed by atoms with E-state index in [0.29, 0.717) is 16.7 Å². The minimum absolute atomic E-state index is 0.258. The number of hydrogen-bond acceptors (Lipinski definition) is 2. The lowest BCUT2D eigenvalue weighted by atomic mass is 10.4. The highest BCUT2D eigenvalue weighted by molar-refractivity contribution is 9.10. The molecule has 1 N–H and O–H groups in total. The van der Waals surface area contributed by atoms with E-state index in [4.69, 9.17) is 0 Å². The number of hydrogen-bond donors (Lipinski definition) is 1. The number of alkyl halides is 3. The van der Waals surface area contributed by atoms with Crippen molar-refractivity contribution in [3.05, 3.63) is 16.4 Å². The molecule has 0 fully saturated rings. The molecule has 0 saturated carbocycles. The molecule has 1 heterocycles. The maximum absolute atomic E-state index is 11.9. The van der Waals surface area contributed by atoms with Crippen LogP contribution in [-0.4, -0.2) is 21.9 Å². The molecule has 0 radical (unpaired) electrons. The SMILES string of the molecule is CCn1cc(Br)c(CNC(=O)C(F)(F)F)n1. The van der Waals surface area contributed by atoms with Gasteiger partial charge in [-0.3, -0.25) is 9.48 Å². The van der Waals surface area contributed by atoms with Crippen LogP contribution in [0.5, 0.6) is 0 Å².